The lowest BCUT2D eigenvalue weighted by Gasteiger charge is -1.96. The molecule has 13 heavy (non-hydrogen) atoms. The van der Waals surface area contributed by atoms with Crippen LogP contribution in [0.15, 0.2) is 21.4 Å². The van der Waals surface area contributed by atoms with Crippen LogP contribution in [0.5, 0.6) is 0 Å². The van der Waals surface area contributed by atoms with Crippen molar-refractivity contribution in [2.24, 2.45) is 5.92 Å². The van der Waals surface area contributed by atoms with Crippen molar-refractivity contribution >= 4 is 21.7 Å². The van der Waals surface area contributed by atoms with E-state index in [1.807, 2.05) is 0 Å². The summed E-state index contributed by atoms with van der Waals surface area (Å²) < 4.78 is 5.57. The first-order valence-electron chi connectivity index (χ1n) is 4.53. The van der Waals surface area contributed by atoms with E-state index < -0.39 is 0 Å². The van der Waals surface area contributed by atoms with E-state index in [2.05, 4.69) is 15.9 Å². The highest BCUT2D eigenvalue weighted by molar-refractivity contribution is 9.10. The van der Waals surface area contributed by atoms with Crippen molar-refractivity contribution in [1.29, 1.82) is 0 Å². The van der Waals surface area contributed by atoms with Gasteiger partial charge in [0, 0.05) is 6.42 Å². The lowest BCUT2D eigenvalue weighted by atomic mass is 10.1. The molecule has 0 N–H and O–H groups in total. The van der Waals surface area contributed by atoms with Gasteiger partial charge in [0.05, 0.1) is 11.8 Å². The lowest BCUT2D eigenvalue weighted by Crippen LogP contribution is -1.98. The molecule has 1 aliphatic carbocycles. The molecule has 0 saturated heterocycles. The second kappa shape index (κ2) is 3.66. The molecule has 0 unspecified atom stereocenters. The topological polar surface area (TPSA) is 30.2 Å². The maximum Gasteiger partial charge on any atom is 0.179 e. The van der Waals surface area contributed by atoms with Crippen LogP contribution in [0, 0.1) is 5.92 Å². The zero-order valence-electron chi connectivity index (χ0n) is 7.25. The molecule has 1 fully saturated rings. The van der Waals surface area contributed by atoms with Crippen molar-refractivity contribution in [2.45, 2.75) is 25.7 Å². The van der Waals surface area contributed by atoms with E-state index in [1.165, 1.54) is 19.1 Å². The minimum atomic E-state index is 0.188. The van der Waals surface area contributed by atoms with E-state index in [9.17, 15) is 4.79 Å². The molecule has 3 heteroatoms. The SMILES string of the molecule is O=C(CCC1CC1)c1ccoc1Br. The van der Waals surface area contributed by atoms with Gasteiger partial charge in [-0.25, -0.2) is 0 Å². The zero-order chi connectivity index (χ0) is 9.26. The van der Waals surface area contributed by atoms with Gasteiger partial charge in [-0.3, -0.25) is 4.79 Å². The van der Waals surface area contributed by atoms with Crippen LogP contribution in [-0.2, 0) is 0 Å². The van der Waals surface area contributed by atoms with Crippen molar-refractivity contribution in [3.05, 3.63) is 22.6 Å². The smallest absolute Gasteiger partial charge is 0.179 e. The summed E-state index contributed by atoms with van der Waals surface area (Å²) in [4.78, 5) is 11.6. The molecule has 0 atom stereocenters. The van der Waals surface area contributed by atoms with Crippen molar-refractivity contribution in [3.8, 4) is 0 Å². The molecule has 1 heterocycles. The number of carbonyl (C=O) groups is 1. The molecule has 1 aromatic heterocycles. The van der Waals surface area contributed by atoms with Crippen molar-refractivity contribution in [2.75, 3.05) is 0 Å². The Kier molecular flexibility index (Phi) is 2.54. The fourth-order valence-corrected chi connectivity index (χ4v) is 1.83. The first-order valence-corrected chi connectivity index (χ1v) is 5.33. The van der Waals surface area contributed by atoms with Crippen LogP contribution in [0.2, 0.25) is 0 Å². The number of hydrogen-bond acceptors (Lipinski definition) is 2. The molecule has 2 rings (SSSR count). The monoisotopic (exact) mass is 242 g/mol. The predicted molar refractivity (Wildman–Crippen MR) is 52.7 cm³/mol. The van der Waals surface area contributed by atoms with Gasteiger partial charge < -0.3 is 4.42 Å². The Labute approximate surface area is 85.4 Å². The van der Waals surface area contributed by atoms with Crippen molar-refractivity contribution < 1.29 is 9.21 Å². The maximum absolute atomic E-state index is 11.6. The third-order valence-corrected chi connectivity index (χ3v) is 3.01. The Morgan fingerprint density at radius 3 is 2.92 bits per heavy atom. The summed E-state index contributed by atoms with van der Waals surface area (Å²) in [5, 5.41) is 0. The van der Waals surface area contributed by atoms with Crippen LogP contribution in [0.1, 0.15) is 36.0 Å². The molecule has 0 bridgehead atoms. The van der Waals surface area contributed by atoms with E-state index in [0.717, 1.165) is 12.3 Å². The summed E-state index contributed by atoms with van der Waals surface area (Å²) in [7, 11) is 0. The number of halogens is 1. The molecule has 1 saturated carbocycles. The molecule has 0 aliphatic heterocycles. The van der Waals surface area contributed by atoms with Crippen LogP contribution < -0.4 is 0 Å². The van der Waals surface area contributed by atoms with Gasteiger partial charge in [0.15, 0.2) is 10.5 Å². The summed E-state index contributed by atoms with van der Waals surface area (Å²) >= 11 is 3.20. The van der Waals surface area contributed by atoms with Crippen LogP contribution in [0.4, 0.5) is 0 Å². The largest absolute Gasteiger partial charge is 0.457 e. The van der Waals surface area contributed by atoms with Gasteiger partial charge in [-0.2, -0.15) is 0 Å². The van der Waals surface area contributed by atoms with E-state index in [0.29, 0.717) is 16.7 Å². The van der Waals surface area contributed by atoms with Crippen molar-refractivity contribution in [3.63, 3.8) is 0 Å². The highest BCUT2D eigenvalue weighted by Gasteiger charge is 2.23. The van der Waals surface area contributed by atoms with Gasteiger partial charge >= 0.3 is 0 Å². The number of carbonyl (C=O) groups excluding carboxylic acids is 1. The Balaban J connectivity index is 1.92. The summed E-state index contributed by atoms with van der Waals surface area (Å²) in [6, 6.07) is 1.72. The molecular weight excluding hydrogens is 232 g/mol. The van der Waals surface area contributed by atoms with Crippen LogP contribution in [0.3, 0.4) is 0 Å². The lowest BCUT2D eigenvalue weighted by molar-refractivity contribution is 0.0976. The first kappa shape index (κ1) is 9.00. The summed E-state index contributed by atoms with van der Waals surface area (Å²) in [6.45, 7) is 0. The van der Waals surface area contributed by atoms with E-state index in [1.54, 1.807) is 6.07 Å². The van der Waals surface area contributed by atoms with E-state index in [4.69, 9.17) is 4.42 Å². The fourth-order valence-electron chi connectivity index (χ4n) is 1.37. The van der Waals surface area contributed by atoms with E-state index >= 15 is 0 Å². The molecule has 0 aromatic carbocycles. The minimum Gasteiger partial charge on any atom is -0.457 e. The second-order valence-corrected chi connectivity index (χ2v) is 4.23. The number of ketones is 1. The molecule has 0 radical (unpaired) electrons. The molecule has 2 nitrogen and oxygen atoms in total. The Morgan fingerprint density at radius 1 is 1.62 bits per heavy atom. The average Bonchev–Trinajstić information content (AvgIpc) is 2.84. The number of hydrogen-bond donors (Lipinski definition) is 0. The summed E-state index contributed by atoms with van der Waals surface area (Å²) in [6.07, 6.45) is 5.84. The van der Waals surface area contributed by atoms with Crippen LogP contribution in [-0.4, -0.2) is 5.78 Å². The maximum atomic E-state index is 11.6. The van der Waals surface area contributed by atoms with Gasteiger partial charge in [-0.15, -0.1) is 0 Å². The van der Waals surface area contributed by atoms with Gasteiger partial charge in [0.25, 0.3) is 0 Å². The minimum absolute atomic E-state index is 0.188. The quantitative estimate of drug-likeness (QED) is 0.758. The van der Waals surface area contributed by atoms with Crippen LogP contribution >= 0.6 is 15.9 Å². The molecule has 1 aliphatic rings. The Bertz CT molecular complexity index is 312. The summed E-state index contributed by atoms with van der Waals surface area (Å²) in [5.41, 5.74) is 0.681. The second-order valence-electron chi connectivity index (χ2n) is 3.51. The summed E-state index contributed by atoms with van der Waals surface area (Å²) in [5.74, 6) is 1.00. The van der Waals surface area contributed by atoms with Gasteiger partial charge in [0.2, 0.25) is 0 Å². The predicted octanol–water partition coefficient (Wildman–Crippen LogP) is 3.42. The number of furan rings is 1. The zero-order valence-corrected chi connectivity index (χ0v) is 8.84. The standard InChI is InChI=1S/C10H11BrO2/c11-10-8(5-6-13-10)9(12)4-3-7-1-2-7/h5-7H,1-4H2. The van der Waals surface area contributed by atoms with Crippen molar-refractivity contribution in [1.82, 2.24) is 0 Å². The van der Waals surface area contributed by atoms with E-state index in [-0.39, 0.29) is 5.78 Å². The molecule has 0 amide bonds. The fraction of sp³-hybridized carbons (Fsp3) is 0.500. The highest BCUT2D eigenvalue weighted by atomic mass is 79.9. The molecule has 70 valence electrons. The van der Waals surface area contributed by atoms with Gasteiger partial charge in [0.1, 0.15) is 0 Å². The third kappa shape index (κ3) is 2.21. The molecular formula is C10H11BrO2. The Hall–Kier alpha value is -0.570. The Morgan fingerprint density at radius 2 is 2.38 bits per heavy atom. The normalized spacial score (nSPS) is 16.1. The number of Topliss-reactive ketones (excluding diaryl/α,β-unsaturated/α-hetero) is 1. The van der Waals surface area contributed by atoms with Crippen LogP contribution in [0.25, 0.3) is 0 Å². The third-order valence-electron chi connectivity index (χ3n) is 2.39. The highest BCUT2D eigenvalue weighted by Crippen LogP contribution is 2.34. The molecule has 0 spiro atoms. The van der Waals surface area contributed by atoms with Gasteiger partial charge in [-0.05, 0) is 34.3 Å². The number of rotatable bonds is 4. The van der Waals surface area contributed by atoms with Gasteiger partial charge in [-0.1, -0.05) is 12.8 Å². The average molecular weight is 243 g/mol. The molecule has 1 aromatic rings. The first-order chi connectivity index (χ1) is 6.27.